The van der Waals surface area contributed by atoms with Crippen LogP contribution in [0.5, 0.6) is 0 Å². The molecule has 0 saturated carbocycles. The first-order chi connectivity index (χ1) is 14.4. The number of urea groups is 1. The lowest BCUT2D eigenvalue weighted by atomic mass is 10.1. The van der Waals surface area contributed by atoms with E-state index < -0.39 is 0 Å². The summed E-state index contributed by atoms with van der Waals surface area (Å²) in [5, 5.41) is 8.52. The highest BCUT2D eigenvalue weighted by atomic mass is 16.2. The maximum atomic E-state index is 12.8. The summed E-state index contributed by atoms with van der Waals surface area (Å²) in [6, 6.07) is 22.2. The van der Waals surface area contributed by atoms with Gasteiger partial charge in [-0.3, -0.25) is 4.79 Å². The number of aryl methyl sites for hydroxylation is 1. The number of carbonyl (C=O) groups excluding carboxylic acids is 2. The fraction of sp³-hybridized carbons (Fsp3) is 0.167. The van der Waals surface area contributed by atoms with Gasteiger partial charge in [0.25, 0.3) is 5.91 Å². The maximum absolute atomic E-state index is 12.8. The zero-order valence-corrected chi connectivity index (χ0v) is 17.4. The van der Waals surface area contributed by atoms with Crippen LogP contribution in [-0.4, -0.2) is 26.0 Å². The van der Waals surface area contributed by atoms with Gasteiger partial charge in [-0.15, -0.1) is 0 Å². The van der Waals surface area contributed by atoms with E-state index in [0.29, 0.717) is 23.5 Å². The minimum Gasteiger partial charge on any atom is -0.377 e. The Balaban J connectivity index is 1.72. The molecule has 30 heavy (non-hydrogen) atoms. The lowest BCUT2D eigenvalue weighted by Gasteiger charge is -2.18. The summed E-state index contributed by atoms with van der Waals surface area (Å²) >= 11 is 0. The van der Waals surface area contributed by atoms with E-state index in [2.05, 4.69) is 16.0 Å². The Morgan fingerprint density at radius 2 is 1.47 bits per heavy atom. The predicted molar refractivity (Wildman–Crippen MR) is 122 cm³/mol. The molecule has 3 amide bonds. The SMILES string of the molecule is Cc1ccc(NC(=O)Nc2ccc(N(C)C)c(C(=O)NCc3ccccc3)c2)cc1. The maximum Gasteiger partial charge on any atom is 0.323 e. The third kappa shape index (κ3) is 5.61. The summed E-state index contributed by atoms with van der Waals surface area (Å²) in [6.07, 6.45) is 0. The van der Waals surface area contributed by atoms with Crippen LogP contribution in [0, 0.1) is 6.92 Å². The summed E-state index contributed by atoms with van der Waals surface area (Å²) in [6.45, 7) is 2.42. The largest absolute Gasteiger partial charge is 0.377 e. The van der Waals surface area contributed by atoms with E-state index >= 15 is 0 Å². The molecule has 0 saturated heterocycles. The second-order valence-electron chi connectivity index (χ2n) is 7.24. The first-order valence-corrected chi connectivity index (χ1v) is 9.70. The molecule has 6 nitrogen and oxygen atoms in total. The molecule has 6 heteroatoms. The van der Waals surface area contributed by atoms with Gasteiger partial charge in [-0.2, -0.15) is 0 Å². The van der Waals surface area contributed by atoms with Crippen molar-refractivity contribution in [2.45, 2.75) is 13.5 Å². The van der Waals surface area contributed by atoms with Crippen LogP contribution in [0.4, 0.5) is 21.9 Å². The number of nitrogens with zero attached hydrogens (tertiary/aromatic N) is 1. The van der Waals surface area contributed by atoms with Gasteiger partial charge in [0.2, 0.25) is 0 Å². The molecule has 0 heterocycles. The number of carbonyl (C=O) groups is 2. The number of hydrogen-bond donors (Lipinski definition) is 3. The van der Waals surface area contributed by atoms with Crippen LogP contribution in [-0.2, 0) is 6.54 Å². The number of anilines is 3. The van der Waals surface area contributed by atoms with Crippen molar-refractivity contribution in [3.05, 3.63) is 89.5 Å². The van der Waals surface area contributed by atoms with Crippen LogP contribution in [0.2, 0.25) is 0 Å². The van der Waals surface area contributed by atoms with Gasteiger partial charge in [-0.25, -0.2) is 4.79 Å². The standard InChI is InChI=1S/C24H26N4O2/c1-17-9-11-19(12-10-17)26-24(30)27-20-13-14-22(28(2)3)21(15-20)23(29)25-16-18-7-5-4-6-8-18/h4-15H,16H2,1-3H3,(H,25,29)(H2,26,27,30). The highest BCUT2D eigenvalue weighted by Gasteiger charge is 2.15. The normalized spacial score (nSPS) is 10.2. The van der Waals surface area contributed by atoms with E-state index in [9.17, 15) is 9.59 Å². The summed E-state index contributed by atoms with van der Waals surface area (Å²) in [5.41, 5.74) is 4.63. The monoisotopic (exact) mass is 402 g/mol. The Labute approximate surface area is 176 Å². The summed E-state index contributed by atoms with van der Waals surface area (Å²) in [5.74, 6) is -0.204. The van der Waals surface area contributed by atoms with E-state index in [1.165, 1.54) is 0 Å². The van der Waals surface area contributed by atoms with E-state index in [0.717, 1.165) is 16.8 Å². The molecule has 0 fully saturated rings. The summed E-state index contributed by atoms with van der Waals surface area (Å²) in [4.78, 5) is 27.1. The average Bonchev–Trinajstić information content (AvgIpc) is 2.74. The molecular weight excluding hydrogens is 376 g/mol. The van der Waals surface area contributed by atoms with Crippen molar-refractivity contribution in [2.75, 3.05) is 29.6 Å². The molecule has 0 bridgehead atoms. The molecule has 0 aliphatic carbocycles. The first kappa shape index (κ1) is 20.9. The fourth-order valence-electron chi connectivity index (χ4n) is 2.99. The van der Waals surface area contributed by atoms with Crippen LogP contribution < -0.4 is 20.9 Å². The topological polar surface area (TPSA) is 73.5 Å². The average molecular weight is 402 g/mol. The van der Waals surface area contributed by atoms with Crippen molar-refractivity contribution in [1.82, 2.24) is 5.32 Å². The molecule has 0 unspecified atom stereocenters. The van der Waals surface area contributed by atoms with Gasteiger partial charge in [0.15, 0.2) is 0 Å². The van der Waals surface area contributed by atoms with Crippen molar-refractivity contribution in [2.24, 2.45) is 0 Å². The van der Waals surface area contributed by atoms with Crippen molar-refractivity contribution in [3.8, 4) is 0 Å². The lowest BCUT2D eigenvalue weighted by Crippen LogP contribution is -2.26. The van der Waals surface area contributed by atoms with E-state index in [1.54, 1.807) is 12.1 Å². The minimum absolute atomic E-state index is 0.204. The lowest BCUT2D eigenvalue weighted by molar-refractivity contribution is 0.0951. The zero-order valence-electron chi connectivity index (χ0n) is 17.4. The molecule has 3 aromatic carbocycles. The fourth-order valence-corrected chi connectivity index (χ4v) is 2.99. The van der Waals surface area contributed by atoms with Crippen molar-refractivity contribution < 1.29 is 9.59 Å². The smallest absolute Gasteiger partial charge is 0.323 e. The third-order valence-corrected chi connectivity index (χ3v) is 4.59. The number of rotatable bonds is 6. The van der Waals surface area contributed by atoms with Gasteiger partial charge in [-0.05, 0) is 42.8 Å². The van der Waals surface area contributed by atoms with Gasteiger partial charge in [-0.1, -0.05) is 48.0 Å². The Kier molecular flexibility index (Phi) is 6.70. The molecular formula is C24H26N4O2. The van der Waals surface area contributed by atoms with Crippen LogP contribution in [0.25, 0.3) is 0 Å². The first-order valence-electron chi connectivity index (χ1n) is 9.70. The van der Waals surface area contributed by atoms with Gasteiger partial charge in [0, 0.05) is 37.7 Å². The van der Waals surface area contributed by atoms with Crippen molar-refractivity contribution >= 4 is 29.0 Å². The second-order valence-corrected chi connectivity index (χ2v) is 7.24. The van der Waals surface area contributed by atoms with Crippen molar-refractivity contribution in [1.29, 1.82) is 0 Å². The second kappa shape index (κ2) is 9.60. The third-order valence-electron chi connectivity index (χ3n) is 4.59. The highest BCUT2D eigenvalue weighted by Crippen LogP contribution is 2.23. The number of benzene rings is 3. The quantitative estimate of drug-likeness (QED) is 0.563. The Morgan fingerprint density at radius 3 is 2.13 bits per heavy atom. The molecule has 3 aromatic rings. The highest BCUT2D eigenvalue weighted by molar-refractivity contribution is 6.03. The molecule has 0 aliphatic rings. The predicted octanol–water partition coefficient (Wildman–Crippen LogP) is 4.64. The van der Waals surface area contributed by atoms with Crippen LogP contribution >= 0.6 is 0 Å². The number of nitrogens with one attached hydrogen (secondary N) is 3. The zero-order chi connectivity index (χ0) is 21.5. The van der Waals surface area contributed by atoms with Crippen LogP contribution in [0.3, 0.4) is 0 Å². The summed E-state index contributed by atoms with van der Waals surface area (Å²) in [7, 11) is 3.75. The van der Waals surface area contributed by atoms with Gasteiger partial charge in [0.1, 0.15) is 0 Å². The van der Waals surface area contributed by atoms with Crippen LogP contribution in [0.15, 0.2) is 72.8 Å². The van der Waals surface area contributed by atoms with E-state index in [4.69, 9.17) is 0 Å². The molecule has 0 aliphatic heterocycles. The van der Waals surface area contributed by atoms with Crippen LogP contribution in [0.1, 0.15) is 21.5 Å². The van der Waals surface area contributed by atoms with Gasteiger partial charge >= 0.3 is 6.03 Å². The molecule has 0 radical (unpaired) electrons. The Hall–Kier alpha value is -3.80. The molecule has 0 aromatic heterocycles. The summed E-state index contributed by atoms with van der Waals surface area (Å²) < 4.78 is 0. The Bertz CT molecular complexity index is 1020. The van der Waals surface area contributed by atoms with Gasteiger partial charge < -0.3 is 20.9 Å². The van der Waals surface area contributed by atoms with Crippen molar-refractivity contribution in [3.63, 3.8) is 0 Å². The van der Waals surface area contributed by atoms with E-state index in [-0.39, 0.29) is 11.9 Å². The minimum atomic E-state index is -0.368. The molecule has 154 valence electrons. The van der Waals surface area contributed by atoms with Gasteiger partial charge in [0.05, 0.1) is 5.56 Å². The molecule has 3 rings (SSSR count). The molecule has 0 spiro atoms. The number of amides is 3. The van der Waals surface area contributed by atoms with E-state index in [1.807, 2.05) is 86.6 Å². The molecule has 3 N–H and O–H groups in total. The Morgan fingerprint density at radius 1 is 0.833 bits per heavy atom. The number of hydrogen-bond acceptors (Lipinski definition) is 3. The molecule has 0 atom stereocenters.